The third-order valence-corrected chi connectivity index (χ3v) is 4.24. The molecule has 2 aromatic rings. The molecule has 0 aliphatic heterocycles. The van der Waals surface area contributed by atoms with Crippen molar-refractivity contribution < 1.29 is 4.79 Å². The first-order chi connectivity index (χ1) is 10.6. The first-order valence-corrected chi connectivity index (χ1v) is 7.98. The van der Waals surface area contributed by atoms with Gasteiger partial charge in [0.05, 0.1) is 11.8 Å². The smallest absolute Gasteiger partial charge is 0.233 e. The van der Waals surface area contributed by atoms with E-state index < -0.39 is 0 Å². The van der Waals surface area contributed by atoms with Gasteiger partial charge in [0.25, 0.3) is 0 Å². The zero-order valence-electron chi connectivity index (χ0n) is 12.8. The predicted molar refractivity (Wildman–Crippen MR) is 88.8 cm³/mol. The SMILES string of the molecule is C=CCNC(=O)[C@H](C)Sc1nnc(C)n1Cc1ccccc1. The number of carbonyl (C=O) groups is 1. The van der Waals surface area contributed by atoms with Crippen molar-refractivity contribution in [3.8, 4) is 0 Å². The van der Waals surface area contributed by atoms with Crippen LogP contribution in [0, 0.1) is 6.92 Å². The second-order valence-electron chi connectivity index (χ2n) is 4.90. The maximum absolute atomic E-state index is 11.9. The maximum Gasteiger partial charge on any atom is 0.233 e. The minimum atomic E-state index is -0.238. The van der Waals surface area contributed by atoms with Gasteiger partial charge < -0.3 is 9.88 Å². The monoisotopic (exact) mass is 316 g/mol. The Morgan fingerprint density at radius 1 is 1.41 bits per heavy atom. The van der Waals surface area contributed by atoms with Crippen LogP contribution in [0.15, 0.2) is 48.1 Å². The van der Waals surface area contributed by atoms with Crippen molar-refractivity contribution in [2.24, 2.45) is 0 Å². The summed E-state index contributed by atoms with van der Waals surface area (Å²) in [5, 5.41) is 11.6. The number of hydrogen-bond acceptors (Lipinski definition) is 4. The van der Waals surface area contributed by atoms with E-state index in [0.29, 0.717) is 13.1 Å². The fourth-order valence-corrected chi connectivity index (χ4v) is 2.84. The highest BCUT2D eigenvalue weighted by atomic mass is 32.2. The summed E-state index contributed by atoms with van der Waals surface area (Å²) >= 11 is 1.41. The molecular weight excluding hydrogens is 296 g/mol. The summed E-state index contributed by atoms with van der Waals surface area (Å²) in [6, 6.07) is 10.1. The number of hydrogen-bond donors (Lipinski definition) is 1. The van der Waals surface area contributed by atoms with Crippen molar-refractivity contribution in [3.05, 3.63) is 54.4 Å². The Labute approximate surface area is 134 Å². The molecule has 5 nitrogen and oxygen atoms in total. The van der Waals surface area contributed by atoms with Crippen molar-refractivity contribution >= 4 is 17.7 Å². The summed E-state index contributed by atoms with van der Waals surface area (Å²) in [6.07, 6.45) is 1.66. The molecule has 2 rings (SSSR count). The summed E-state index contributed by atoms with van der Waals surface area (Å²) in [5.41, 5.74) is 1.18. The van der Waals surface area contributed by atoms with Crippen molar-refractivity contribution in [1.82, 2.24) is 20.1 Å². The van der Waals surface area contributed by atoms with Gasteiger partial charge >= 0.3 is 0 Å². The molecule has 1 aromatic carbocycles. The summed E-state index contributed by atoms with van der Waals surface area (Å²) in [6.45, 7) is 8.54. The average molecular weight is 316 g/mol. The lowest BCUT2D eigenvalue weighted by atomic mass is 10.2. The van der Waals surface area contributed by atoms with Gasteiger partial charge in [0.15, 0.2) is 5.16 Å². The van der Waals surface area contributed by atoms with Crippen LogP contribution < -0.4 is 5.32 Å². The Kier molecular flexibility index (Phi) is 5.77. The van der Waals surface area contributed by atoms with Crippen molar-refractivity contribution in [3.63, 3.8) is 0 Å². The Morgan fingerprint density at radius 2 is 2.14 bits per heavy atom. The van der Waals surface area contributed by atoms with Crippen LogP contribution in [0.2, 0.25) is 0 Å². The summed E-state index contributed by atoms with van der Waals surface area (Å²) in [7, 11) is 0. The van der Waals surface area contributed by atoms with Gasteiger partial charge in [-0.15, -0.1) is 16.8 Å². The van der Waals surface area contributed by atoms with E-state index in [2.05, 4.69) is 34.2 Å². The van der Waals surface area contributed by atoms with Crippen LogP contribution in [0.25, 0.3) is 0 Å². The quantitative estimate of drug-likeness (QED) is 0.629. The van der Waals surface area contributed by atoms with E-state index in [1.165, 1.54) is 17.3 Å². The Balaban J connectivity index is 2.09. The van der Waals surface area contributed by atoms with Crippen LogP contribution in [-0.4, -0.2) is 32.5 Å². The Bertz CT molecular complexity index is 639. The summed E-state index contributed by atoms with van der Waals surface area (Å²) in [4.78, 5) is 11.9. The molecule has 0 aliphatic carbocycles. The number of nitrogens with one attached hydrogen (secondary N) is 1. The molecule has 6 heteroatoms. The Morgan fingerprint density at radius 3 is 2.82 bits per heavy atom. The zero-order chi connectivity index (χ0) is 15.9. The van der Waals surface area contributed by atoms with Crippen molar-refractivity contribution in [2.75, 3.05) is 6.54 Å². The number of aromatic nitrogens is 3. The molecule has 0 radical (unpaired) electrons. The van der Waals surface area contributed by atoms with Gasteiger partial charge in [-0.05, 0) is 19.4 Å². The van der Waals surface area contributed by atoms with Gasteiger partial charge in [-0.25, -0.2) is 0 Å². The average Bonchev–Trinajstić information content (AvgIpc) is 2.86. The van der Waals surface area contributed by atoms with E-state index in [1.807, 2.05) is 36.6 Å². The molecule has 1 amide bonds. The number of nitrogens with zero attached hydrogens (tertiary/aromatic N) is 3. The third kappa shape index (κ3) is 4.21. The number of rotatable bonds is 7. The molecular formula is C16H20N4OS. The van der Waals surface area contributed by atoms with E-state index in [0.717, 1.165) is 11.0 Å². The molecule has 0 saturated carbocycles. The molecule has 116 valence electrons. The first kappa shape index (κ1) is 16.3. The van der Waals surface area contributed by atoms with Crippen LogP contribution in [0.4, 0.5) is 0 Å². The van der Waals surface area contributed by atoms with Gasteiger partial charge in [-0.2, -0.15) is 0 Å². The molecule has 0 saturated heterocycles. The molecule has 0 aliphatic rings. The minimum absolute atomic E-state index is 0.0307. The van der Waals surface area contributed by atoms with Gasteiger partial charge in [-0.3, -0.25) is 4.79 Å². The number of thioether (sulfide) groups is 1. The molecule has 22 heavy (non-hydrogen) atoms. The van der Waals surface area contributed by atoms with Crippen LogP contribution in [-0.2, 0) is 11.3 Å². The molecule has 1 aromatic heterocycles. The standard InChI is InChI=1S/C16H20N4OS/c1-4-10-17-15(21)12(2)22-16-19-18-13(3)20(16)11-14-8-6-5-7-9-14/h4-9,12H,1,10-11H2,2-3H3,(H,17,21)/t12-/m0/s1. The van der Waals surface area contributed by atoms with E-state index in [4.69, 9.17) is 0 Å². The van der Waals surface area contributed by atoms with Gasteiger partial charge in [-0.1, -0.05) is 48.2 Å². The predicted octanol–water partition coefficient (Wildman–Crippen LogP) is 2.42. The van der Waals surface area contributed by atoms with Gasteiger partial charge in [0.2, 0.25) is 5.91 Å². The molecule has 0 bridgehead atoms. The first-order valence-electron chi connectivity index (χ1n) is 7.10. The largest absolute Gasteiger partial charge is 0.352 e. The minimum Gasteiger partial charge on any atom is -0.352 e. The fourth-order valence-electron chi connectivity index (χ4n) is 1.92. The summed E-state index contributed by atoms with van der Waals surface area (Å²) < 4.78 is 2.03. The highest BCUT2D eigenvalue weighted by Crippen LogP contribution is 2.23. The molecule has 1 N–H and O–H groups in total. The van der Waals surface area contributed by atoms with E-state index in [9.17, 15) is 4.79 Å². The normalized spacial score (nSPS) is 11.9. The van der Waals surface area contributed by atoms with Gasteiger partial charge in [0, 0.05) is 6.54 Å². The zero-order valence-corrected chi connectivity index (χ0v) is 13.6. The van der Waals surface area contributed by atoms with Crippen molar-refractivity contribution in [2.45, 2.75) is 30.8 Å². The van der Waals surface area contributed by atoms with Crippen LogP contribution in [0.5, 0.6) is 0 Å². The maximum atomic E-state index is 11.9. The lowest BCUT2D eigenvalue weighted by Crippen LogP contribution is -2.31. The topological polar surface area (TPSA) is 59.8 Å². The number of carbonyl (C=O) groups excluding carboxylic acids is 1. The third-order valence-electron chi connectivity index (χ3n) is 3.16. The number of aryl methyl sites for hydroxylation is 1. The van der Waals surface area contributed by atoms with E-state index in [1.54, 1.807) is 6.08 Å². The highest BCUT2D eigenvalue weighted by molar-refractivity contribution is 8.00. The van der Waals surface area contributed by atoms with Crippen LogP contribution >= 0.6 is 11.8 Å². The molecule has 0 unspecified atom stereocenters. The van der Waals surface area contributed by atoms with Crippen LogP contribution in [0.1, 0.15) is 18.3 Å². The molecule has 1 heterocycles. The lowest BCUT2D eigenvalue weighted by molar-refractivity contribution is -0.120. The second kappa shape index (κ2) is 7.79. The second-order valence-corrected chi connectivity index (χ2v) is 6.20. The number of amides is 1. The summed E-state index contributed by atoms with van der Waals surface area (Å²) in [5.74, 6) is 0.807. The van der Waals surface area contributed by atoms with E-state index in [-0.39, 0.29) is 11.2 Å². The lowest BCUT2D eigenvalue weighted by Gasteiger charge is -2.12. The number of benzene rings is 1. The molecule has 0 fully saturated rings. The highest BCUT2D eigenvalue weighted by Gasteiger charge is 2.18. The Hall–Kier alpha value is -2.08. The van der Waals surface area contributed by atoms with Gasteiger partial charge in [0.1, 0.15) is 5.82 Å². The van der Waals surface area contributed by atoms with Crippen molar-refractivity contribution in [1.29, 1.82) is 0 Å². The molecule has 1 atom stereocenters. The fraction of sp³-hybridized carbons (Fsp3) is 0.312. The van der Waals surface area contributed by atoms with E-state index >= 15 is 0 Å². The van der Waals surface area contributed by atoms with Crippen LogP contribution in [0.3, 0.4) is 0 Å². The molecule has 0 spiro atoms.